The van der Waals surface area contributed by atoms with Crippen LogP contribution >= 0.6 is 0 Å². The molecule has 0 radical (unpaired) electrons. The molecule has 0 aromatic heterocycles. The minimum atomic E-state index is -3.61. The Morgan fingerprint density at radius 3 is 2.42 bits per heavy atom. The molecule has 0 saturated carbocycles. The lowest BCUT2D eigenvalue weighted by atomic mass is 9.81. The van der Waals surface area contributed by atoms with Gasteiger partial charge in [0.2, 0.25) is 5.72 Å². The maximum absolute atomic E-state index is 14.8. The predicted octanol–water partition coefficient (Wildman–Crippen LogP) is 2.85. The summed E-state index contributed by atoms with van der Waals surface area (Å²) in [6.45, 7) is 2.13. The number of phenols is 1. The Labute approximate surface area is 205 Å². The molecule has 11 heteroatoms. The van der Waals surface area contributed by atoms with Gasteiger partial charge in [-0.25, -0.2) is 18.0 Å². The molecule has 1 heterocycles. The summed E-state index contributed by atoms with van der Waals surface area (Å²) in [5.41, 5.74) is -4.64. The van der Waals surface area contributed by atoms with Crippen LogP contribution in [0.15, 0.2) is 42.5 Å². The number of carboxylic acid groups (broad SMARTS) is 1. The Bertz CT molecular complexity index is 1200. The number of carboxylic acids is 1. The van der Waals surface area contributed by atoms with E-state index in [9.17, 15) is 42.9 Å². The number of aromatic hydroxyl groups is 1. The summed E-state index contributed by atoms with van der Waals surface area (Å²) in [5.74, 6) is -8.58. The van der Waals surface area contributed by atoms with Crippen LogP contribution in [0.3, 0.4) is 0 Å². The standard InChI is InChI=1S/C25H27F3N2O6/c1-14-17(8-5-9-18(14)31)20(32)29-24(36,11-10-15-6-4-7-16(26)12-15)22(35)30-13-25(27,28)23(2,3)19(30)21(33)34/h4-9,12,19,31,36H,10-11,13H2,1-3H3,(H,29,32)(H,33,34). The van der Waals surface area contributed by atoms with Crippen LogP contribution in [0.25, 0.3) is 0 Å². The number of aliphatic hydroxyl groups is 1. The van der Waals surface area contributed by atoms with E-state index in [1.165, 1.54) is 43.3 Å². The molecule has 2 atom stereocenters. The van der Waals surface area contributed by atoms with Crippen molar-refractivity contribution in [3.63, 3.8) is 0 Å². The Hall–Kier alpha value is -3.60. The molecule has 1 fully saturated rings. The third-order valence-corrected chi connectivity index (χ3v) is 6.69. The Morgan fingerprint density at radius 2 is 1.81 bits per heavy atom. The SMILES string of the molecule is Cc1c(O)cccc1C(=O)NC(O)(CCc1cccc(F)c1)C(=O)N1CC(F)(F)C(C)(C)C1C(=O)O. The highest BCUT2D eigenvalue weighted by atomic mass is 19.3. The van der Waals surface area contributed by atoms with E-state index in [1.807, 2.05) is 0 Å². The molecule has 36 heavy (non-hydrogen) atoms. The van der Waals surface area contributed by atoms with Crippen molar-refractivity contribution in [2.75, 3.05) is 6.54 Å². The number of aliphatic carboxylic acids is 1. The van der Waals surface area contributed by atoms with E-state index >= 15 is 0 Å². The van der Waals surface area contributed by atoms with Gasteiger partial charge < -0.3 is 25.5 Å². The van der Waals surface area contributed by atoms with Gasteiger partial charge in [0.25, 0.3) is 17.7 Å². The van der Waals surface area contributed by atoms with Gasteiger partial charge in [0.15, 0.2) is 0 Å². The summed E-state index contributed by atoms with van der Waals surface area (Å²) in [6.07, 6.45) is -0.738. The monoisotopic (exact) mass is 508 g/mol. The van der Waals surface area contributed by atoms with E-state index in [-0.39, 0.29) is 23.3 Å². The average Bonchev–Trinajstić information content (AvgIpc) is 2.97. The van der Waals surface area contributed by atoms with Gasteiger partial charge in [-0.3, -0.25) is 9.59 Å². The van der Waals surface area contributed by atoms with Crippen LogP contribution in [0, 0.1) is 18.2 Å². The summed E-state index contributed by atoms with van der Waals surface area (Å²) in [6, 6.07) is 7.20. The molecule has 2 amide bonds. The number of carbonyl (C=O) groups is 3. The van der Waals surface area contributed by atoms with Gasteiger partial charge in [0, 0.05) is 17.5 Å². The number of halogens is 3. The first-order valence-corrected chi connectivity index (χ1v) is 11.1. The fourth-order valence-electron chi connectivity index (χ4n) is 4.33. The van der Waals surface area contributed by atoms with Gasteiger partial charge >= 0.3 is 5.97 Å². The number of nitrogens with one attached hydrogen (secondary N) is 1. The fourth-order valence-corrected chi connectivity index (χ4v) is 4.33. The number of phenolic OH excluding ortho intramolecular Hbond substituents is 1. The smallest absolute Gasteiger partial charge is 0.327 e. The number of benzene rings is 2. The number of hydrogen-bond donors (Lipinski definition) is 4. The van der Waals surface area contributed by atoms with Crippen molar-refractivity contribution in [2.45, 2.75) is 51.3 Å². The quantitative estimate of drug-likeness (QED) is 0.426. The third-order valence-electron chi connectivity index (χ3n) is 6.69. The number of rotatable bonds is 7. The second-order valence-electron chi connectivity index (χ2n) is 9.49. The van der Waals surface area contributed by atoms with Gasteiger partial charge in [-0.2, -0.15) is 0 Å². The highest BCUT2D eigenvalue weighted by Crippen LogP contribution is 2.48. The zero-order valence-corrected chi connectivity index (χ0v) is 19.9. The van der Waals surface area contributed by atoms with Crippen molar-refractivity contribution in [3.8, 4) is 5.75 Å². The van der Waals surface area contributed by atoms with Gasteiger partial charge in [-0.15, -0.1) is 0 Å². The molecule has 0 aliphatic carbocycles. The number of alkyl halides is 2. The van der Waals surface area contributed by atoms with Crippen LogP contribution in [0.1, 0.15) is 41.8 Å². The van der Waals surface area contributed by atoms with E-state index in [1.54, 1.807) is 0 Å². The minimum Gasteiger partial charge on any atom is -0.508 e. The van der Waals surface area contributed by atoms with Crippen LogP contribution < -0.4 is 5.32 Å². The van der Waals surface area contributed by atoms with Crippen molar-refractivity contribution in [1.82, 2.24) is 10.2 Å². The van der Waals surface area contributed by atoms with Gasteiger partial charge in [0.1, 0.15) is 17.6 Å². The summed E-state index contributed by atoms with van der Waals surface area (Å²) in [5, 5.41) is 33.1. The van der Waals surface area contributed by atoms with Gasteiger partial charge in [0.05, 0.1) is 12.0 Å². The molecule has 3 rings (SSSR count). The summed E-state index contributed by atoms with van der Waals surface area (Å²) in [7, 11) is 0. The Morgan fingerprint density at radius 1 is 1.17 bits per heavy atom. The van der Waals surface area contributed by atoms with Crippen LogP contribution in [0.5, 0.6) is 5.75 Å². The van der Waals surface area contributed by atoms with Crippen molar-refractivity contribution in [2.24, 2.45) is 5.41 Å². The molecular weight excluding hydrogens is 481 g/mol. The van der Waals surface area contributed by atoms with Crippen molar-refractivity contribution in [3.05, 3.63) is 65.0 Å². The van der Waals surface area contributed by atoms with E-state index in [4.69, 9.17) is 0 Å². The summed E-state index contributed by atoms with van der Waals surface area (Å²) < 4.78 is 43.1. The number of carbonyl (C=O) groups excluding carboxylic acids is 2. The number of likely N-dealkylation sites (tertiary alicyclic amines) is 1. The van der Waals surface area contributed by atoms with Crippen molar-refractivity contribution >= 4 is 17.8 Å². The minimum absolute atomic E-state index is 0.103. The summed E-state index contributed by atoms with van der Waals surface area (Å²) >= 11 is 0. The lowest BCUT2D eigenvalue weighted by Crippen LogP contribution is -2.62. The fraction of sp³-hybridized carbons (Fsp3) is 0.400. The van der Waals surface area contributed by atoms with Crippen LogP contribution in [0.2, 0.25) is 0 Å². The second kappa shape index (κ2) is 9.45. The molecule has 1 saturated heterocycles. The van der Waals surface area contributed by atoms with Crippen LogP contribution in [-0.2, 0) is 16.0 Å². The lowest BCUT2D eigenvalue weighted by Gasteiger charge is -2.35. The van der Waals surface area contributed by atoms with E-state index in [2.05, 4.69) is 5.32 Å². The van der Waals surface area contributed by atoms with E-state index in [0.29, 0.717) is 10.5 Å². The molecule has 4 N–H and O–H groups in total. The zero-order valence-electron chi connectivity index (χ0n) is 19.9. The topological polar surface area (TPSA) is 127 Å². The summed E-state index contributed by atoms with van der Waals surface area (Å²) in [4.78, 5) is 38.8. The maximum Gasteiger partial charge on any atom is 0.327 e. The molecule has 2 aromatic rings. The Kier molecular flexibility index (Phi) is 7.09. The zero-order chi connectivity index (χ0) is 27.1. The molecule has 0 spiro atoms. The number of amides is 2. The normalized spacial score (nSPS) is 20.0. The molecule has 1 aliphatic heterocycles. The van der Waals surface area contributed by atoms with Gasteiger partial charge in [-0.1, -0.05) is 32.0 Å². The number of hydrogen-bond acceptors (Lipinski definition) is 5. The predicted molar refractivity (Wildman–Crippen MR) is 122 cm³/mol. The first-order chi connectivity index (χ1) is 16.6. The van der Waals surface area contributed by atoms with Crippen LogP contribution in [-0.4, -0.2) is 62.2 Å². The largest absolute Gasteiger partial charge is 0.508 e. The van der Waals surface area contributed by atoms with Crippen molar-refractivity contribution < 1.29 is 42.9 Å². The second-order valence-corrected chi connectivity index (χ2v) is 9.49. The van der Waals surface area contributed by atoms with Crippen LogP contribution in [0.4, 0.5) is 13.2 Å². The van der Waals surface area contributed by atoms with Gasteiger partial charge in [-0.05, 0) is 43.2 Å². The molecule has 1 aliphatic rings. The van der Waals surface area contributed by atoms with E-state index < -0.39 is 59.7 Å². The van der Waals surface area contributed by atoms with E-state index in [0.717, 1.165) is 19.9 Å². The third kappa shape index (κ3) is 4.88. The first kappa shape index (κ1) is 27.0. The molecule has 2 unspecified atom stereocenters. The highest BCUT2D eigenvalue weighted by molar-refractivity contribution is 6.00. The molecule has 0 bridgehead atoms. The average molecular weight is 508 g/mol. The maximum atomic E-state index is 14.8. The van der Waals surface area contributed by atoms with Crippen molar-refractivity contribution in [1.29, 1.82) is 0 Å². The Balaban J connectivity index is 2.01. The lowest BCUT2D eigenvalue weighted by molar-refractivity contribution is -0.163. The number of nitrogens with zero attached hydrogens (tertiary/aromatic N) is 1. The first-order valence-electron chi connectivity index (χ1n) is 11.1. The molecule has 8 nitrogen and oxygen atoms in total. The highest BCUT2D eigenvalue weighted by Gasteiger charge is 2.66. The molecule has 2 aromatic carbocycles. The molecule has 194 valence electrons. The molecular formula is C25H27F3N2O6. The number of aryl methyl sites for hydroxylation is 1.